The Bertz CT molecular complexity index is 1180. The van der Waals surface area contributed by atoms with E-state index < -0.39 is 0 Å². The number of hydrogen-bond acceptors (Lipinski definition) is 4. The Balaban J connectivity index is 1.35. The van der Waals surface area contributed by atoms with Gasteiger partial charge in [-0.25, -0.2) is 0 Å². The molecular formula is C28H27NO3. The molecule has 2 aliphatic heterocycles. The van der Waals surface area contributed by atoms with Gasteiger partial charge in [0.15, 0.2) is 5.76 Å². The van der Waals surface area contributed by atoms with Gasteiger partial charge in [-0.2, -0.15) is 0 Å². The van der Waals surface area contributed by atoms with Crippen LogP contribution in [0.1, 0.15) is 44.6 Å². The molecule has 4 heteroatoms. The molecule has 3 aromatic rings. The summed E-state index contributed by atoms with van der Waals surface area (Å²) in [6.45, 7) is 6.20. The number of ether oxygens (including phenoxy) is 2. The van der Waals surface area contributed by atoms with Crippen molar-refractivity contribution >= 4 is 11.9 Å². The maximum absolute atomic E-state index is 13.1. The summed E-state index contributed by atoms with van der Waals surface area (Å²) in [6, 6.07) is 20.6. The number of allylic oxidation sites excluding steroid dienone is 1. The Morgan fingerprint density at radius 2 is 1.81 bits per heavy atom. The minimum absolute atomic E-state index is 0.0536. The van der Waals surface area contributed by atoms with Crippen LogP contribution in [0, 0.1) is 13.8 Å². The van der Waals surface area contributed by atoms with Gasteiger partial charge in [-0.3, -0.25) is 9.69 Å². The summed E-state index contributed by atoms with van der Waals surface area (Å²) in [5.41, 5.74) is 6.02. The van der Waals surface area contributed by atoms with E-state index in [1.807, 2.05) is 56.3 Å². The molecule has 0 spiro atoms. The Labute approximate surface area is 189 Å². The SMILES string of the molecule is Cc1ccc(/C=C2\Oc3c4c(cc(C)c3C2=O)OCN(CCCc2ccccc2)C4)cc1. The number of aryl methyl sites for hydroxylation is 3. The van der Waals surface area contributed by atoms with Crippen molar-refractivity contribution in [1.29, 1.82) is 0 Å². The lowest BCUT2D eigenvalue weighted by molar-refractivity contribution is 0.0928. The summed E-state index contributed by atoms with van der Waals surface area (Å²) in [5.74, 6) is 1.81. The van der Waals surface area contributed by atoms with E-state index in [2.05, 4.69) is 29.2 Å². The monoisotopic (exact) mass is 425 g/mol. The Morgan fingerprint density at radius 3 is 2.59 bits per heavy atom. The number of carbonyl (C=O) groups is 1. The number of ketones is 1. The van der Waals surface area contributed by atoms with Crippen LogP contribution in [-0.2, 0) is 13.0 Å². The standard InChI is InChI=1S/C28H27NO3/c1-19-10-12-22(13-11-19)16-25-27(30)26-20(2)15-24-23(28(26)32-25)17-29(18-31-24)14-6-9-21-7-4-3-5-8-21/h3-5,7-8,10-13,15-16H,6,9,14,17-18H2,1-2H3/b25-16-. The predicted octanol–water partition coefficient (Wildman–Crippen LogP) is 5.70. The van der Waals surface area contributed by atoms with Crippen LogP contribution in [0.5, 0.6) is 11.5 Å². The molecular weight excluding hydrogens is 398 g/mol. The summed E-state index contributed by atoms with van der Waals surface area (Å²) in [6.07, 6.45) is 3.92. The van der Waals surface area contributed by atoms with Crippen molar-refractivity contribution in [2.24, 2.45) is 0 Å². The van der Waals surface area contributed by atoms with Crippen LogP contribution in [0.4, 0.5) is 0 Å². The molecule has 0 atom stereocenters. The third-order valence-electron chi connectivity index (χ3n) is 6.15. The van der Waals surface area contributed by atoms with E-state index in [0.717, 1.165) is 48.4 Å². The Kier molecular flexibility index (Phi) is 5.54. The lowest BCUT2D eigenvalue weighted by Gasteiger charge is -2.30. The third kappa shape index (κ3) is 4.06. The Morgan fingerprint density at radius 1 is 1.03 bits per heavy atom. The molecule has 32 heavy (non-hydrogen) atoms. The molecule has 4 nitrogen and oxygen atoms in total. The number of nitrogens with zero attached hydrogens (tertiary/aromatic N) is 1. The number of Topliss-reactive ketones (excluding diaryl/α,β-unsaturated/α-hetero) is 1. The van der Waals surface area contributed by atoms with Gasteiger partial charge in [-0.1, -0.05) is 60.2 Å². The first-order chi connectivity index (χ1) is 15.6. The number of carbonyl (C=O) groups excluding carboxylic acids is 1. The molecule has 0 N–H and O–H groups in total. The molecule has 0 bridgehead atoms. The Hall–Kier alpha value is -3.37. The van der Waals surface area contributed by atoms with Crippen molar-refractivity contribution in [2.75, 3.05) is 13.3 Å². The number of rotatable bonds is 5. The highest BCUT2D eigenvalue weighted by atomic mass is 16.5. The molecule has 0 aromatic heterocycles. The van der Waals surface area contributed by atoms with Crippen LogP contribution in [0.2, 0.25) is 0 Å². The molecule has 3 aromatic carbocycles. The van der Waals surface area contributed by atoms with Gasteiger partial charge in [-0.05, 0) is 55.5 Å². The van der Waals surface area contributed by atoms with Crippen molar-refractivity contribution < 1.29 is 14.3 Å². The van der Waals surface area contributed by atoms with Crippen LogP contribution in [0.3, 0.4) is 0 Å². The topological polar surface area (TPSA) is 38.8 Å². The van der Waals surface area contributed by atoms with Crippen molar-refractivity contribution in [3.05, 3.63) is 99.8 Å². The van der Waals surface area contributed by atoms with Crippen molar-refractivity contribution in [1.82, 2.24) is 4.90 Å². The van der Waals surface area contributed by atoms with E-state index in [-0.39, 0.29) is 5.78 Å². The highest BCUT2D eigenvalue weighted by Gasteiger charge is 2.35. The normalized spacial score (nSPS) is 16.4. The minimum atomic E-state index is -0.0536. The van der Waals surface area contributed by atoms with E-state index in [0.29, 0.717) is 23.8 Å². The molecule has 0 amide bonds. The van der Waals surface area contributed by atoms with E-state index >= 15 is 0 Å². The summed E-state index contributed by atoms with van der Waals surface area (Å²) in [5, 5.41) is 0. The first-order valence-corrected chi connectivity index (χ1v) is 11.1. The minimum Gasteiger partial charge on any atom is -0.478 e. The fourth-order valence-corrected chi connectivity index (χ4v) is 4.38. The molecule has 0 fully saturated rings. The van der Waals surface area contributed by atoms with Gasteiger partial charge >= 0.3 is 0 Å². The maximum atomic E-state index is 13.1. The lowest BCUT2D eigenvalue weighted by Crippen LogP contribution is -2.33. The molecule has 2 aliphatic rings. The van der Waals surface area contributed by atoms with E-state index in [9.17, 15) is 4.79 Å². The van der Waals surface area contributed by atoms with Gasteiger partial charge in [0.2, 0.25) is 5.78 Å². The summed E-state index contributed by atoms with van der Waals surface area (Å²) in [4.78, 5) is 15.4. The van der Waals surface area contributed by atoms with Crippen molar-refractivity contribution in [3.8, 4) is 11.5 Å². The smallest absolute Gasteiger partial charge is 0.232 e. The predicted molar refractivity (Wildman–Crippen MR) is 126 cm³/mol. The zero-order chi connectivity index (χ0) is 22.1. The van der Waals surface area contributed by atoms with Crippen LogP contribution in [-0.4, -0.2) is 24.0 Å². The van der Waals surface area contributed by atoms with Gasteiger partial charge in [0.05, 0.1) is 11.1 Å². The first-order valence-electron chi connectivity index (χ1n) is 11.1. The number of fused-ring (bicyclic) bond motifs is 3. The molecule has 0 radical (unpaired) electrons. The van der Waals surface area contributed by atoms with Gasteiger partial charge in [0.25, 0.3) is 0 Å². The highest BCUT2D eigenvalue weighted by molar-refractivity contribution is 6.15. The van der Waals surface area contributed by atoms with Crippen LogP contribution in [0.15, 0.2) is 66.4 Å². The van der Waals surface area contributed by atoms with Crippen molar-refractivity contribution in [2.45, 2.75) is 33.2 Å². The van der Waals surface area contributed by atoms with E-state index in [1.54, 1.807) is 0 Å². The zero-order valence-electron chi connectivity index (χ0n) is 18.6. The fraction of sp³-hybridized carbons (Fsp3) is 0.250. The fourth-order valence-electron chi connectivity index (χ4n) is 4.38. The van der Waals surface area contributed by atoms with Gasteiger partial charge < -0.3 is 9.47 Å². The second kappa shape index (κ2) is 8.64. The zero-order valence-corrected chi connectivity index (χ0v) is 18.6. The molecule has 0 unspecified atom stereocenters. The molecule has 0 aliphatic carbocycles. The summed E-state index contributed by atoms with van der Waals surface area (Å²) in [7, 11) is 0. The van der Waals surface area contributed by atoms with E-state index in [4.69, 9.17) is 9.47 Å². The molecule has 162 valence electrons. The number of hydrogen-bond donors (Lipinski definition) is 0. The summed E-state index contributed by atoms with van der Waals surface area (Å²) >= 11 is 0. The first kappa shape index (κ1) is 20.5. The second-order valence-corrected chi connectivity index (χ2v) is 8.64. The lowest BCUT2D eigenvalue weighted by atomic mass is 9.98. The third-order valence-corrected chi connectivity index (χ3v) is 6.15. The largest absolute Gasteiger partial charge is 0.478 e. The van der Waals surface area contributed by atoms with Crippen LogP contribution < -0.4 is 9.47 Å². The highest BCUT2D eigenvalue weighted by Crippen LogP contribution is 2.44. The second-order valence-electron chi connectivity index (χ2n) is 8.64. The van der Waals surface area contributed by atoms with Crippen molar-refractivity contribution in [3.63, 3.8) is 0 Å². The average Bonchev–Trinajstić information content (AvgIpc) is 3.13. The van der Waals surface area contributed by atoms with Gasteiger partial charge in [-0.15, -0.1) is 0 Å². The number of benzene rings is 3. The average molecular weight is 426 g/mol. The quantitative estimate of drug-likeness (QED) is 0.491. The van der Waals surface area contributed by atoms with Crippen LogP contribution in [0.25, 0.3) is 6.08 Å². The van der Waals surface area contributed by atoms with Crippen LogP contribution >= 0.6 is 0 Å². The van der Waals surface area contributed by atoms with E-state index in [1.165, 1.54) is 11.1 Å². The summed E-state index contributed by atoms with van der Waals surface area (Å²) < 4.78 is 12.2. The molecule has 0 saturated carbocycles. The molecule has 0 saturated heterocycles. The van der Waals surface area contributed by atoms with Gasteiger partial charge in [0, 0.05) is 13.1 Å². The maximum Gasteiger partial charge on any atom is 0.232 e. The molecule has 5 rings (SSSR count). The molecule has 2 heterocycles. The van der Waals surface area contributed by atoms with Gasteiger partial charge in [0.1, 0.15) is 18.2 Å².